The maximum Gasteiger partial charge on any atom is -0.0298 e. The maximum atomic E-state index is 2.48. The third-order valence-electron chi connectivity index (χ3n) is 4.90. The largest absolute Gasteiger partial charge is 0.0651 e. The molecule has 0 fully saturated rings. The molecule has 2 atom stereocenters. The van der Waals surface area contributed by atoms with Gasteiger partial charge in [-0.05, 0) is 23.2 Å². The van der Waals surface area contributed by atoms with E-state index in [0.717, 1.165) is 17.8 Å². The van der Waals surface area contributed by atoms with Crippen molar-refractivity contribution in [3.8, 4) is 0 Å². The van der Waals surface area contributed by atoms with E-state index in [1.165, 1.54) is 25.7 Å². The first kappa shape index (κ1) is 15.0. The van der Waals surface area contributed by atoms with E-state index in [-0.39, 0.29) is 0 Å². The summed E-state index contributed by atoms with van der Waals surface area (Å²) in [6, 6.07) is 0. The lowest BCUT2D eigenvalue weighted by Crippen LogP contribution is -2.35. The van der Waals surface area contributed by atoms with Crippen LogP contribution >= 0.6 is 0 Å². The van der Waals surface area contributed by atoms with E-state index in [4.69, 9.17) is 0 Å². The molecule has 0 saturated carbocycles. The molecular weight excluding hydrogens is 180 g/mol. The van der Waals surface area contributed by atoms with Crippen molar-refractivity contribution in [3.05, 3.63) is 0 Å². The van der Waals surface area contributed by atoms with Gasteiger partial charge in [0, 0.05) is 0 Å². The minimum atomic E-state index is 0.500. The lowest BCUT2D eigenvalue weighted by molar-refractivity contribution is 0.0654. The summed E-state index contributed by atoms with van der Waals surface area (Å²) < 4.78 is 0. The van der Waals surface area contributed by atoms with Crippen LogP contribution in [0.2, 0.25) is 0 Å². The van der Waals surface area contributed by atoms with E-state index in [1.54, 1.807) is 0 Å². The van der Waals surface area contributed by atoms with E-state index in [9.17, 15) is 0 Å². The Balaban J connectivity index is 4.76. The summed E-state index contributed by atoms with van der Waals surface area (Å²) in [7, 11) is 0. The van der Waals surface area contributed by atoms with Crippen LogP contribution in [-0.2, 0) is 0 Å². The van der Waals surface area contributed by atoms with Crippen LogP contribution in [0.5, 0.6) is 0 Å². The van der Waals surface area contributed by atoms with E-state index in [2.05, 4.69) is 48.5 Å². The normalized spacial score (nSPS) is 16.8. The van der Waals surface area contributed by atoms with Gasteiger partial charge in [0.15, 0.2) is 0 Å². The van der Waals surface area contributed by atoms with Crippen molar-refractivity contribution in [3.63, 3.8) is 0 Å². The summed E-state index contributed by atoms with van der Waals surface area (Å²) >= 11 is 0. The van der Waals surface area contributed by atoms with Gasteiger partial charge >= 0.3 is 0 Å². The molecule has 2 unspecified atom stereocenters. The number of rotatable bonds is 7. The zero-order valence-electron chi connectivity index (χ0n) is 12.1. The molecule has 0 rings (SSSR count). The molecule has 0 saturated heterocycles. The summed E-state index contributed by atoms with van der Waals surface area (Å²) in [5.74, 6) is 2.64. The summed E-state index contributed by atoms with van der Waals surface area (Å²) in [5.41, 5.74) is 0.500. The highest BCUT2D eigenvalue weighted by Crippen LogP contribution is 2.44. The fourth-order valence-electron chi connectivity index (χ4n) is 3.22. The van der Waals surface area contributed by atoms with Crippen LogP contribution in [0.15, 0.2) is 0 Å². The second-order valence-corrected chi connectivity index (χ2v) is 5.72. The van der Waals surface area contributed by atoms with E-state index >= 15 is 0 Å². The Morgan fingerprint density at radius 1 is 0.800 bits per heavy atom. The molecule has 0 heteroatoms. The van der Waals surface area contributed by atoms with Crippen LogP contribution in [0.4, 0.5) is 0 Å². The Hall–Kier alpha value is 0. The molecule has 0 heterocycles. The predicted molar refractivity (Wildman–Crippen MR) is 71.1 cm³/mol. The molecule has 0 radical (unpaired) electrons. The molecule has 92 valence electrons. The zero-order chi connectivity index (χ0) is 12.1. The van der Waals surface area contributed by atoms with Crippen molar-refractivity contribution in [1.29, 1.82) is 0 Å². The lowest BCUT2D eigenvalue weighted by atomic mass is 9.62. The Morgan fingerprint density at radius 2 is 1.27 bits per heavy atom. The monoisotopic (exact) mass is 212 g/mol. The standard InChI is InChI=1S/C15H32/c1-8-12(5)15(6,7)14(11-4)13(9-2)10-3/h12-14H,8-11H2,1-7H3. The Kier molecular flexibility index (Phi) is 6.55. The van der Waals surface area contributed by atoms with Gasteiger partial charge in [0.05, 0.1) is 0 Å². The molecule has 0 aliphatic rings. The van der Waals surface area contributed by atoms with Gasteiger partial charge in [0.25, 0.3) is 0 Å². The van der Waals surface area contributed by atoms with Gasteiger partial charge in [-0.25, -0.2) is 0 Å². The van der Waals surface area contributed by atoms with Crippen LogP contribution in [0.25, 0.3) is 0 Å². The molecule has 0 aromatic rings. The minimum absolute atomic E-state index is 0.500. The molecule has 0 aromatic heterocycles. The molecule has 0 aliphatic heterocycles. The third kappa shape index (κ3) is 3.50. The quantitative estimate of drug-likeness (QED) is 0.521. The second-order valence-electron chi connectivity index (χ2n) is 5.72. The Labute approximate surface area is 97.8 Å². The SMILES string of the molecule is CCC(CC)C(CC)C(C)(C)C(C)CC. The molecule has 0 nitrogen and oxygen atoms in total. The van der Waals surface area contributed by atoms with E-state index < -0.39 is 0 Å². The van der Waals surface area contributed by atoms with Crippen molar-refractivity contribution in [2.75, 3.05) is 0 Å². The smallest absolute Gasteiger partial charge is 0.0298 e. The number of hydrogen-bond donors (Lipinski definition) is 0. The summed E-state index contributed by atoms with van der Waals surface area (Å²) in [6.07, 6.45) is 5.33. The molecular formula is C15H32. The van der Waals surface area contributed by atoms with Gasteiger partial charge in [-0.15, -0.1) is 0 Å². The van der Waals surface area contributed by atoms with Crippen molar-refractivity contribution >= 4 is 0 Å². The Morgan fingerprint density at radius 3 is 1.53 bits per heavy atom. The zero-order valence-corrected chi connectivity index (χ0v) is 12.1. The summed E-state index contributed by atoms with van der Waals surface area (Å²) in [4.78, 5) is 0. The van der Waals surface area contributed by atoms with Crippen LogP contribution < -0.4 is 0 Å². The van der Waals surface area contributed by atoms with Crippen LogP contribution in [-0.4, -0.2) is 0 Å². The fourth-order valence-corrected chi connectivity index (χ4v) is 3.22. The van der Waals surface area contributed by atoms with Gasteiger partial charge in [0.1, 0.15) is 0 Å². The average Bonchev–Trinajstić information content (AvgIpc) is 2.23. The maximum absolute atomic E-state index is 2.48. The Bertz CT molecular complexity index is 153. The van der Waals surface area contributed by atoms with Gasteiger partial charge in [-0.3, -0.25) is 0 Å². The average molecular weight is 212 g/mol. The highest BCUT2D eigenvalue weighted by molar-refractivity contribution is 4.85. The molecule has 0 spiro atoms. The van der Waals surface area contributed by atoms with Gasteiger partial charge < -0.3 is 0 Å². The van der Waals surface area contributed by atoms with Crippen LogP contribution in [0.1, 0.15) is 74.1 Å². The molecule has 0 N–H and O–H groups in total. The van der Waals surface area contributed by atoms with Crippen LogP contribution in [0.3, 0.4) is 0 Å². The van der Waals surface area contributed by atoms with Gasteiger partial charge in [0.2, 0.25) is 0 Å². The molecule has 0 amide bonds. The topological polar surface area (TPSA) is 0 Å². The molecule has 0 bridgehead atoms. The highest BCUT2D eigenvalue weighted by Gasteiger charge is 2.36. The van der Waals surface area contributed by atoms with E-state index in [1.807, 2.05) is 0 Å². The van der Waals surface area contributed by atoms with Crippen molar-refractivity contribution in [2.24, 2.45) is 23.2 Å². The van der Waals surface area contributed by atoms with E-state index in [0.29, 0.717) is 5.41 Å². The van der Waals surface area contributed by atoms with Crippen LogP contribution in [0, 0.1) is 23.2 Å². The first-order valence-electron chi connectivity index (χ1n) is 6.95. The second kappa shape index (κ2) is 6.55. The first-order chi connectivity index (χ1) is 6.95. The molecule has 0 aliphatic carbocycles. The summed E-state index contributed by atoms with van der Waals surface area (Å²) in [5, 5.41) is 0. The predicted octanol–water partition coefficient (Wildman–Crippen LogP) is 5.52. The number of hydrogen-bond acceptors (Lipinski definition) is 0. The molecule has 15 heavy (non-hydrogen) atoms. The minimum Gasteiger partial charge on any atom is -0.0651 e. The van der Waals surface area contributed by atoms with Gasteiger partial charge in [-0.2, -0.15) is 0 Å². The highest BCUT2D eigenvalue weighted by atomic mass is 14.4. The first-order valence-corrected chi connectivity index (χ1v) is 6.95. The van der Waals surface area contributed by atoms with Gasteiger partial charge in [-0.1, -0.05) is 74.1 Å². The van der Waals surface area contributed by atoms with Crippen molar-refractivity contribution < 1.29 is 0 Å². The van der Waals surface area contributed by atoms with Crippen molar-refractivity contribution in [2.45, 2.75) is 74.1 Å². The third-order valence-corrected chi connectivity index (χ3v) is 4.90. The molecule has 0 aromatic carbocycles. The van der Waals surface area contributed by atoms with Crippen molar-refractivity contribution in [1.82, 2.24) is 0 Å². The lowest BCUT2D eigenvalue weighted by Gasteiger charge is -2.43. The summed E-state index contributed by atoms with van der Waals surface area (Å²) in [6.45, 7) is 16.8. The fraction of sp³-hybridized carbons (Fsp3) is 1.00.